The van der Waals surface area contributed by atoms with Gasteiger partial charge >= 0.3 is 0 Å². The molecular formula is C8H10ClFN2O. The van der Waals surface area contributed by atoms with Crippen LogP contribution in [0.5, 0.6) is 0 Å². The van der Waals surface area contributed by atoms with Gasteiger partial charge in [0.1, 0.15) is 0 Å². The summed E-state index contributed by atoms with van der Waals surface area (Å²) in [7, 11) is 0. The molecule has 5 N–H and O–H groups in total. The quantitative estimate of drug-likeness (QED) is 0.631. The van der Waals surface area contributed by atoms with Crippen molar-refractivity contribution in [2.75, 3.05) is 12.3 Å². The van der Waals surface area contributed by atoms with E-state index in [0.717, 1.165) is 0 Å². The Labute approximate surface area is 80.1 Å². The predicted molar refractivity (Wildman–Crippen MR) is 49.8 cm³/mol. The SMILES string of the molecule is Nc1ccc(C(N)CO)c(Cl)c1F. The fourth-order valence-corrected chi connectivity index (χ4v) is 1.28. The second kappa shape index (κ2) is 3.91. The zero-order valence-corrected chi connectivity index (χ0v) is 7.55. The molecule has 1 aromatic carbocycles. The molecule has 0 spiro atoms. The van der Waals surface area contributed by atoms with E-state index in [1.165, 1.54) is 12.1 Å². The summed E-state index contributed by atoms with van der Waals surface area (Å²) in [6.07, 6.45) is 0. The molecule has 0 heterocycles. The van der Waals surface area contributed by atoms with Gasteiger partial charge < -0.3 is 16.6 Å². The van der Waals surface area contributed by atoms with Crippen molar-refractivity contribution in [1.29, 1.82) is 0 Å². The average Bonchev–Trinajstić information content (AvgIpc) is 2.13. The lowest BCUT2D eigenvalue weighted by molar-refractivity contribution is 0.268. The van der Waals surface area contributed by atoms with Gasteiger partial charge in [0.15, 0.2) is 5.82 Å². The minimum atomic E-state index is -0.692. The minimum Gasteiger partial charge on any atom is -0.396 e. The molecule has 1 unspecified atom stereocenters. The largest absolute Gasteiger partial charge is 0.396 e. The van der Waals surface area contributed by atoms with Crippen LogP contribution in [0.15, 0.2) is 12.1 Å². The third-order valence-corrected chi connectivity index (χ3v) is 2.12. The fraction of sp³-hybridized carbons (Fsp3) is 0.250. The van der Waals surface area contributed by atoms with Crippen molar-refractivity contribution in [2.24, 2.45) is 5.73 Å². The highest BCUT2D eigenvalue weighted by atomic mass is 35.5. The molecule has 0 aromatic heterocycles. The number of hydrogen-bond donors (Lipinski definition) is 3. The summed E-state index contributed by atoms with van der Waals surface area (Å²) in [6.45, 7) is -0.289. The van der Waals surface area contributed by atoms with E-state index in [1.54, 1.807) is 0 Å². The Morgan fingerprint density at radius 1 is 1.54 bits per heavy atom. The Morgan fingerprint density at radius 2 is 2.15 bits per heavy atom. The van der Waals surface area contributed by atoms with Crippen LogP contribution < -0.4 is 11.5 Å². The van der Waals surface area contributed by atoms with E-state index in [9.17, 15) is 4.39 Å². The highest BCUT2D eigenvalue weighted by molar-refractivity contribution is 6.31. The summed E-state index contributed by atoms with van der Waals surface area (Å²) in [6, 6.07) is 2.19. The molecule has 0 aliphatic heterocycles. The van der Waals surface area contributed by atoms with Gasteiger partial charge in [0.25, 0.3) is 0 Å². The van der Waals surface area contributed by atoms with Gasteiger partial charge in [-0.1, -0.05) is 17.7 Å². The van der Waals surface area contributed by atoms with Crippen molar-refractivity contribution >= 4 is 17.3 Å². The number of rotatable bonds is 2. The standard InChI is InChI=1S/C8H10ClFN2O/c9-7-4(6(12)3-13)1-2-5(11)8(7)10/h1-2,6,13H,3,11-12H2. The number of nitrogens with two attached hydrogens (primary N) is 2. The van der Waals surface area contributed by atoms with Crippen molar-refractivity contribution in [3.63, 3.8) is 0 Å². The zero-order chi connectivity index (χ0) is 10.0. The maximum atomic E-state index is 13.1. The molecule has 0 aliphatic carbocycles. The zero-order valence-electron chi connectivity index (χ0n) is 6.80. The molecule has 0 fully saturated rings. The van der Waals surface area contributed by atoms with Crippen molar-refractivity contribution in [3.05, 3.63) is 28.5 Å². The van der Waals surface area contributed by atoms with Crippen LogP contribution in [0.3, 0.4) is 0 Å². The predicted octanol–water partition coefficient (Wildman–Crippen LogP) is 1.05. The molecule has 0 saturated carbocycles. The molecule has 0 aliphatic rings. The molecule has 0 saturated heterocycles. The van der Waals surface area contributed by atoms with Gasteiger partial charge in [-0.2, -0.15) is 0 Å². The topological polar surface area (TPSA) is 72.3 Å². The van der Waals surface area contributed by atoms with Crippen molar-refractivity contribution in [3.8, 4) is 0 Å². The first-order chi connectivity index (χ1) is 6.07. The van der Waals surface area contributed by atoms with E-state index in [1.807, 2.05) is 0 Å². The number of hydrogen-bond acceptors (Lipinski definition) is 3. The first-order valence-electron chi connectivity index (χ1n) is 3.67. The van der Waals surface area contributed by atoms with Crippen LogP contribution in [-0.2, 0) is 0 Å². The van der Waals surface area contributed by atoms with Crippen molar-refractivity contribution in [2.45, 2.75) is 6.04 Å². The van der Waals surface area contributed by atoms with E-state index in [2.05, 4.69) is 0 Å². The summed E-state index contributed by atoms with van der Waals surface area (Å²) in [5, 5.41) is 8.61. The summed E-state index contributed by atoms with van der Waals surface area (Å²) >= 11 is 5.63. The maximum absolute atomic E-state index is 13.1. The average molecular weight is 205 g/mol. The Morgan fingerprint density at radius 3 is 2.69 bits per heavy atom. The van der Waals surface area contributed by atoms with Gasteiger partial charge in [-0.15, -0.1) is 0 Å². The smallest absolute Gasteiger partial charge is 0.164 e. The third kappa shape index (κ3) is 1.91. The molecular weight excluding hydrogens is 195 g/mol. The minimum absolute atomic E-state index is 0.0288. The van der Waals surface area contributed by atoms with E-state index in [4.69, 9.17) is 28.2 Å². The van der Waals surface area contributed by atoms with Crippen LogP contribution in [0.25, 0.3) is 0 Å². The van der Waals surface area contributed by atoms with Gasteiger partial charge in [0.05, 0.1) is 23.4 Å². The van der Waals surface area contributed by atoms with E-state index >= 15 is 0 Å². The van der Waals surface area contributed by atoms with E-state index in [-0.39, 0.29) is 17.3 Å². The van der Waals surface area contributed by atoms with Gasteiger partial charge in [-0.05, 0) is 11.6 Å². The van der Waals surface area contributed by atoms with Crippen molar-refractivity contribution < 1.29 is 9.50 Å². The molecule has 5 heteroatoms. The number of anilines is 1. The number of nitrogen functional groups attached to an aromatic ring is 1. The van der Waals surface area contributed by atoms with E-state index in [0.29, 0.717) is 5.56 Å². The second-order valence-electron chi connectivity index (χ2n) is 2.66. The van der Waals surface area contributed by atoms with Crippen LogP contribution in [0.2, 0.25) is 5.02 Å². The maximum Gasteiger partial charge on any atom is 0.164 e. The lowest BCUT2D eigenvalue weighted by Crippen LogP contribution is -2.15. The summed E-state index contributed by atoms with van der Waals surface area (Å²) in [5.41, 5.74) is 11.1. The summed E-state index contributed by atoms with van der Waals surface area (Å²) in [5.74, 6) is -0.692. The Balaban J connectivity index is 3.18. The summed E-state index contributed by atoms with van der Waals surface area (Å²) in [4.78, 5) is 0. The molecule has 3 nitrogen and oxygen atoms in total. The lowest BCUT2D eigenvalue weighted by Gasteiger charge is -2.11. The van der Waals surface area contributed by atoms with Crippen LogP contribution in [0, 0.1) is 5.82 Å². The molecule has 1 aromatic rings. The number of aliphatic hydroxyl groups is 1. The van der Waals surface area contributed by atoms with Crippen LogP contribution in [-0.4, -0.2) is 11.7 Å². The van der Waals surface area contributed by atoms with Gasteiger partial charge in [-0.3, -0.25) is 0 Å². The van der Waals surface area contributed by atoms with Crippen molar-refractivity contribution in [1.82, 2.24) is 0 Å². The Bertz CT molecular complexity index is 319. The Kier molecular flexibility index (Phi) is 3.08. The van der Waals surface area contributed by atoms with Crippen LogP contribution >= 0.6 is 11.6 Å². The number of halogens is 2. The highest BCUT2D eigenvalue weighted by Gasteiger charge is 2.14. The van der Waals surface area contributed by atoms with Crippen LogP contribution in [0.1, 0.15) is 11.6 Å². The molecule has 72 valence electrons. The molecule has 13 heavy (non-hydrogen) atoms. The molecule has 0 radical (unpaired) electrons. The highest BCUT2D eigenvalue weighted by Crippen LogP contribution is 2.27. The monoisotopic (exact) mass is 204 g/mol. The second-order valence-corrected chi connectivity index (χ2v) is 3.04. The third-order valence-electron chi connectivity index (χ3n) is 1.74. The molecule has 1 rings (SSSR count). The lowest BCUT2D eigenvalue weighted by atomic mass is 10.1. The molecule has 0 amide bonds. The first kappa shape index (κ1) is 10.2. The van der Waals surface area contributed by atoms with Crippen LogP contribution in [0.4, 0.5) is 10.1 Å². The fourth-order valence-electron chi connectivity index (χ4n) is 0.964. The Hall–Kier alpha value is -0.840. The van der Waals surface area contributed by atoms with E-state index < -0.39 is 11.9 Å². The summed E-state index contributed by atoms with van der Waals surface area (Å²) < 4.78 is 13.1. The van der Waals surface area contributed by atoms with Gasteiger partial charge in [-0.25, -0.2) is 4.39 Å². The number of benzene rings is 1. The molecule has 0 bridgehead atoms. The number of aliphatic hydroxyl groups excluding tert-OH is 1. The first-order valence-corrected chi connectivity index (χ1v) is 4.05. The van der Waals surface area contributed by atoms with Gasteiger partial charge in [0.2, 0.25) is 0 Å². The van der Waals surface area contributed by atoms with Gasteiger partial charge in [0, 0.05) is 0 Å². The normalized spacial score (nSPS) is 12.9. The molecule has 1 atom stereocenters.